The molecule has 1 aliphatic heterocycles. The number of amides is 1. The summed E-state index contributed by atoms with van der Waals surface area (Å²) in [6, 6.07) is 11.3. The van der Waals surface area contributed by atoms with Crippen molar-refractivity contribution in [3.63, 3.8) is 0 Å². The van der Waals surface area contributed by atoms with Crippen LogP contribution >= 0.6 is 15.9 Å². The van der Waals surface area contributed by atoms with Crippen LogP contribution in [0.4, 0.5) is 0 Å². The minimum atomic E-state index is -0.796. The molecule has 0 aromatic heterocycles. The molecule has 3 rings (SSSR count). The predicted molar refractivity (Wildman–Crippen MR) is 127 cm³/mol. The van der Waals surface area contributed by atoms with Gasteiger partial charge in [-0.1, -0.05) is 39.9 Å². The van der Waals surface area contributed by atoms with E-state index in [0.717, 1.165) is 9.37 Å². The smallest absolute Gasteiger partial charge is 0.295 e. The number of quaternary nitrogens is 1. The lowest BCUT2D eigenvalue weighted by molar-refractivity contribution is -0.857. The van der Waals surface area contributed by atoms with Crippen molar-refractivity contribution >= 4 is 33.4 Å². The van der Waals surface area contributed by atoms with Gasteiger partial charge in [0.15, 0.2) is 11.5 Å². The Balaban J connectivity index is 2.17. The van der Waals surface area contributed by atoms with Crippen LogP contribution in [-0.2, 0) is 9.59 Å². The van der Waals surface area contributed by atoms with Gasteiger partial charge in [-0.25, -0.2) is 0 Å². The van der Waals surface area contributed by atoms with Gasteiger partial charge in [0, 0.05) is 10.0 Å². The number of ether oxygens (including phenoxy) is 2. The van der Waals surface area contributed by atoms with Gasteiger partial charge < -0.3 is 24.4 Å². The number of hydrogen-bond acceptors (Lipinski definition) is 5. The minimum absolute atomic E-state index is 0.0392. The van der Waals surface area contributed by atoms with E-state index in [2.05, 4.69) is 15.9 Å². The molecular weight excluding hydrogens is 488 g/mol. The molecule has 1 N–H and O–H groups in total. The summed E-state index contributed by atoms with van der Waals surface area (Å²) in [5.41, 5.74) is 0.952. The summed E-state index contributed by atoms with van der Waals surface area (Å²) >= 11 is 3.36. The van der Waals surface area contributed by atoms with E-state index < -0.39 is 23.5 Å². The number of carbonyl (C=O) groups is 2. The third kappa shape index (κ3) is 5.39. The van der Waals surface area contributed by atoms with Gasteiger partial charge in [-0.3, -0.25) is 9.59 Å². The number of benzene rings is 2. The van der Waals surface area contributed by atoms with Gasteiger partial charge in [0.25, 0.3) is 5.91 Å². The number of nitrogens with zero attached hydrogens (tertiary/aromatic N) is 1. The Morgan fingerprint density at radius 3 is 2.27 bits per heavy atom. The molecule has 0 bridgehead atoms. The summed E-state index contributed by atoms with van der Waals surface area (Å²) in [7, 11) is 3.94. The molecule has 1 unspecified atom stereocenters. The number of likely N-dealkylation sites (N-methyl/N-ethyl adjacent to an activating group) is 1. The van der Waals surface area contributed by atoms with Gasteiger partial charge in [-0.15, -0.1) is 0 Å². The highest BCUT2D eigenvalue weighted by molar-refractivity contribution is 9.10. The minimum Gasteiger partial charge on any atom is -0.872 e. The molecule has 1 amide bonds. The lowest BCUT2D eigenvalue weighted by Crippen LogP contribution is -3.06. The number of carbonyl (C=O) groups excluding carboxylic acids is 2. The van der Waals surface area contributed by atoms with Crippen molar-refractivity contribution in [1.29, 1.82) is 0 Å². The maximum atomic E-state index is 13.4. The van der Waals surface area contributed by atoms with E-state index in [1.54, 1.807) is 42.5 Å². The van der Waals surface area contributed by atoms with E-state index in [-0.39, 0.29) is 5.57 Å². The fraction of sp³-hybridized carbons (Fsp3) is 0.360. The molecule has 0 aliphatic carbocycles. The molecule has 1 heterocycles. The van der Waals surface area contributed by atoms with Gasteiger partial charge in [-0.05, 0) is 49.2 Å². The van der Waals surface area contributed by atoms with Crippen molar-refractivity contribution in [2.45, 2.75) is 19.9 Å². The monoisotopic (exact) mass is 516 g/mol. The topological polar surface area (TPSA) is 83.3 Å². The Labute approximate surface area is 202 Å². The molecule has 1 saturated heterocycles. The summed E-state index contributed by atoms with van der Waals surface area (Å²) in [5.74, 6) is -0.777. The van der Waals surface area contributed by atoms with Gasteiger partial charge in [0.2, 0.25) is 5.78 Å². The molecule has 0 spiro atoms. The van der Waals surface area contributed by atoms with E-state index in [9.17, 15) is 14.7 Å². The lowest BCUT2D eigenvalue weighted by atomic mass is 9.95. The van der Waals surface area contributed by atoms with Crippen LogP contribution in [0.25, 0.3) is 5.76 Å². The van der Waals surface area contributed by atoms with Crippen molar-refractivity contribution in [2.75, 3.05) is 40.4 Å². The fourth-order valence-electron chi connectivity index (χ4n) is 3.79. The average molecular weight is 517 g/mol. The van der Waals surface area contributed by atoms with Crippen molar-refractivity contribution in [3.05, 3.63) is 63.6 Å². The standard InChI is InChI=1S/C25H29BrN2O5/c1-5-32-19-12-9-17(15-20(19)33-6-2)22-21(23(29)16-7-10-18(26)11-8-16)24(30)25(31)28(22)14-13-27(3)4/h7-12,15,22,29H,5-6,13-14H2,1-4H3/b23-21+. The third-order valence-corrected chi connectivity index (χ3v) is 5.90. The summed E-state index contributed by atoms with van der Waals surface area (Å²) in [6.07, 6.45) is 0. The molecule has 176 valence electrons. The zero-order valence-corrected chi connectivity index (χ0v) is 20.9. The van der Waals surface area contributed by atoms with Gasteiger partial charge in [-0.2, -0.15) is 0 Å². The SMILES string of the molecule is CCOc1ccc(C2/C(=C(\[O-])c3ccc(Br)cc3)C(=O)C(=O)N2CC[NH+](C)C)cc1OCC. The molecule has 2 aromatic rings. The first-order valence-electron chi connectivity index (χ1n) is 11.0. The Hall–Kier alpha value is -2.84. The Morgan fingerprint density at radius 1 is 1.03 bits per heavy atom. The summed E-state index contributed by atoms with van der Waals surface area (Å²) in [5, 5.41) is 13.4. The molecule has 1 fully saturated rings. The molecule has 0 saturated carbocycles. The summed E-state index contributed by atoms with van der Waals surface area (Å²) < 4.78 is 12.2. The van der Waals surface area contributed by atoms with Crippen molar-refractivity contribution in [2.24, 2.45) is 0 Å². The van der Waals surface area contributed by atoms with E-state index in [0.29, 0.717) is 48.9 Å². The average Bonchev–Trinajstić information content (AvgIpc) is 3.04. The van der Waals surface area contributed by atoms with Crippen LogP contribution in [-0.4, -0.2) is 57.0 Å². The number of rotatable bonds is 9. The Bertz CT molecular complexity index is 1050. The number of halogens is 1. The first-order valence-corrected chi connectivity index (χ1v) is 11.8. The second kappa shape index (κ2) is 10.9. The van der Waals surface area contributed by atoms with E-state index in [1.807, 2.05) is 27.9 Å². The first-order chi connectivity index (χ1) is 15.8. The van der Waals surface area contributed by atoms with Gasteiger partial charge in [0.05, 0.1) is 46.4 Å². The summed E-state index contributed by atoms with van der Waals surface area (Å²) in [4.78, 5) is 28.7. The molecule has 33 heavy (non-hydrogen) atoms. The van der Waals surface area contributed by atoms with Crippen molar-refractivity contribution in [1.82, 2.24) is 4.90 Å². The maximum absolute atomic E-state index is 13.4. The number of likely N-dealkylation sites (tertiary alicyclic amines) is 1. The largest absolute Gasteiger partial charge is 0.872 e. The summed E-state index contributed by atoms with van der Waals surface area (Å²) in [6.45, 7) is 5.61. The normalized spacial score (nSPS) is 17.6. The van der Waals surface area contributed by atoms with Crippen LogP contribution in [0.5, 0.6) is 11.5 Å². The zero-order valence-electron chi connectivity index (χ0n) is 19.3. The number of ketones is 1. The van der Waals surface area contributed by atoms with Crippen LogP contribution in [0.2, 0.25) is 0 Å². The first kappa shape index (κ1) is 24.8. The third-order valence-electron chi connectivity index (χ3n) is 5.37. The number of Topliss-reactive ketones (excluding diaryl/α,β-unsaturated/α-hetero) is 1. The van der Waals surface area contributed by atoms with Crippen molar-refractivity contribution in [3.8, 4) is 11.5 Å². The number of hydrogen-bond donors (Lipinski definition) is 1. The fourth-order valence-corrected chi connectivity index (χ4v) is 4.05. The highest BCUT2D eigenvalue weighted by Crippen LogP contribution is 2.41. The van der Waals surface area contributed by atoms with E-state index in [1.165, 1.54) is 4.90 Å². The molecule has 8 heteroatoms. The lowest BCUT2D eigenvalue weighted by Gasteiger charge is -2.28. The molecular formula is C25H29BrN2O5. The highest BCUT2D eigenvalue weighted by atomic mass is 79.9. The zero-order chi connectivity index (χ0) is 24.1. The Morgan fingerprint density at radius 2 is 1.67 bits per heavy atom. The number of nitrogens with one attached hydrogen (secondary N) is 1. The second-order valence-electron chi connectivity index (χ2n) is 8.01. The van der Waals surface area contributed by atoms with E-state index >= 15 is 0 Å². The Kier molecular flexibility index (Phi) is 8.15. The molecule has 7 nitrogen and oxygen atoms in total. The van der Waals surface area contributed by atoms with Crippen LogP contribution in [0.1, 0.15) is 31.0 Å². The molecule has 0 radical (unpaired) electrons. The maximum Gasteiger partial charge on any atom is 0.295 e. The molecule has 1 atom stereocenters. The molecule has 2 aromatic carbocycles. The van der Waals surface area contributed by atoms with Gasteiger partial charge in [0.1, 0.15) is 0 Å². The predicted octanol–water partition coefficient (Wildman–Crippen LogP) is 1.61. The van der Waals surface area contributed by atoms with Crippen molar-refractivity contribution < 1.29 is 29.1 Å². The van der Waals surface area contributed by atoms with Gasteiger partial charge >= 0.3 is 0 Å². The van der Waals surface area contributed by atoms with E-state index in [4.69, 9.17) is 9.47 Å². The highest BCUT2D eigenvalue weighted by Gasteiger charge is 2.44. The van der Waals surface area contributed by atoms with Crippen LogP contribution < -0.4 is 19.5 Å². The van der Waals surface area contributed by atoms with Crippen LogP contribution in [0.15, 0.2) is 52.5 Å². The van der Waals surface area contributed by atoms with Crippen LogP contribution in [0, 0.1) is 0 Å². The van der Waals surface area contributed by atoms with Crippen LogP contribution in [0.3, 0.4) is 0 Å². The second-order valence-corrected chi connectivity index (χ2v) is 8.92. The molecule has 1 aliphatic rings. The quantitative estimate of drug-likeness (QED) is 0.311.